The van der Waals surface area contributed by atoms with Crippen molar-refractivity contribution in [3.63, 3.8) is 0 Å². The second kappa shape index (κ2) is 6.41. The van der Waals surface area contributed by atoms with Gasteiger partial charge in [-0.25, -0.2) is 9.59 Å². The number of carboxylic acids is 2. The van der Waals surface area contributed by atoms with E-state index >= 15 is 0 Å². The molecule has 0 heterocycles. The van der Waals surface area contributed by atoms with Gasteiger partial charge in [0.2, 0.25) is 0 Å². The van der Waals surface area contributed by atoms with Gasteiger partial charge in [-0.2, -0.15) is 0 Å². The second-order valence-corrected chi connectivity index (χ2v) is 2.84. The smallest absolute Gasteiger partial charge is 0.339 e. The molecule has 6 heteroatoms. The summed E-state index contributed by atoms with van der Waals surface area (Å²) < 4.78 is 0. The lowest BCUT2D eigenvalue weighted by Gasteiger charge is -1.95. The number of aliphatic hydroxyl groups excluding tert-OH is 1. The van der Waals surface area contributed by atoms with E-state index in [1.165, 1.54) is 19.1 Å². The van der Waals surface area contributed by atoms with Gasteiger partial charge >= 0.3 is 11.9 Å². The minimum absolute atomic E-state index is 0.0671. The zero-order valence-corrected chi connectivity index (χ0v) is 8.49. The van der Waals surface area contributed by atoms with Crippen molar-refractivity contribution in [3.8, 4) is 5.75 Å². The van der Waals surface area contributed by atoms with Gasteiger partial charge in [0, 0.05) is 0 Å². The van der Waals surface area contributed by atoms with Crippen LogP contribution < -0.4 is 0 Å². The summed E-state index contributed by atoms with van der Waals surface area (Å²) in [5, 5.41) is 33.1. The van der Waals surface area contributed by atoms with Gasteiger partial charge in [0.25, 0.3) is 0 Å². The number of hydrogen-bond donors (Lipinski definition) is 4. The lowest BCUT2D eigenvalue weighted by atomic mass is 10.2. The molecule has 0 saturated carbocycles. The number of aromatic hydroxyl groups is 1. The first kappa shape index (κ1) is 13.9. The Morgan fingerprint density at radius 2 is 1.62 bits per heavy atom. The average Bonchev–Trinajstić information content (AvgIpc) is 2.18. The molecule has 0 saturated heterocycles. The Balaban J connectivity index is 0.000000325. The largest absolute Gasteiger partial charge is 0.507 e. The van der Waals surface area contributed by atoms with Crippen LogP contribution in [0.1, 0.15) is 17.3 Å². The number of carbonyl (C=O) groups is 2. The number of aliphatic carboxylic acids is 1. The molecule has 16 heavy (non-hydrogen) atoms. The van der Waals surface area contributed by atoms with Gasteiger partial charge < -0.3 is 20.4 Å². The maximum atomic E-state index is 10.3. The number of phenols is 1. The summed E-state index contributed by atoms with van der Waals surface area (Å²) in [5.74, 6) is -2.50. The van der Waals surface area contributed by atoms with Gasteiger partial charge in [-0.3, -0.25) is 0 Å². The number of para-hydroxylation sites is 1. The Labute approximate surface area is 91.4 Å². The van der Waals surface area contributed by atoms with Crippen LogP contribution in [0.3, 0.4) is 0 Å². The van der Waals surface area contributed by atoms with Crippen LogP contribution >= 0.6 is 0 Å². The summed E-state index contributed by atoms with van der Waals surface area (Å²) in [5.41, 5.74) is -0.0671. The number of carboxylic acid groups (broad SMARTS) is 2. The molecule has 1 unspecified atom stereocenters. The minimum atomic E-state index is -1.23. The van der Waals surface area contributed by atoms with Crippen LogP contribution in [0.2, 0.25) is 0 Å². The SMILES string of the molecule is CC(O)C(=O)O.O=C(O)c1ccccc1O. The van der Waals surface area contributed by atoms with Crippen molar-refractivity contribution < 1.29 is 30.0 Å². The summed E-state index contributed by atoms with van der Waals surface area (Å²) in [6.45, 7) is 1.20. The molecule has 0 bridgehead atoms. The molecule has 0 aliphatic rings. The number of benzene rings is 1. The normalized spacial score (nSPS) is 10.9. The van der Waals surface area contributed by atoms with E-state index in [1.807, 2.05) is 0 Å². The molecule has 1 rings (SSSR count). The highest BCUT2D eigenvalue weighted by Gasteiger charge is 2.05. The molecular weight excluding hydrogens is 216 g/mol. The van der Waals surface area contributed by atoms with Crippen LogP contribution in [0, 0.1) is 0 Å². The fourth-order valence-corrected chi connectivity index (χ4v) is 0.654. The number of rotatable bonds is 2. The lowest BCUT2D eigenvalue weighted by molar-refractivity contribution is -0.145. The van der Waals surface area contributed by atoms with Crippen LogP contribution in [-0.4, -0.2) is 38.5 Å². The van der Waals surface area contributed by atoms with Gasteiger partial charge in [-0.05, 0) is 19.1 Å². The molecule has 0 fully saturated rings. The third-order valence-corrected chi connectivity index (χ3v) is 1.49. The number of aromatic carboxylic acids is 1. The first-order chi connectivity index (χ1) is 7.36. The van der Waals surface area contributed by atoms with Gasteiger partial charge in [0.05, 0.1) is 0 Å². The van der Waals surface area contributed by atoms with E-state index in [4.69, 9.17) is 20.4 Å². The van der Waals surface area contributed by atoms with E-state index in [-0.39, 0.29) is 11.3 Å². The molecule has 0 radical (unpaired) electrons. The molecule has 0 spiro atoms. The van der Waals surface area contributed by atoms with Crippen molar-refractivity contribution in [1.82, 2.24) is 0 Å². The molecule has 0 aliphatic heterocycles. The Bertz CT molecular complexity index is 371. The van der Waals surface area contributed by atoms with Crippen LogP contribution in [0.25, 0.3) is 0 Å². The summed E-state index contributed by atoms with van der Waals surface area (Å²) in [6.07, 6.45) is -1.23. The maximum Gasteiger partial charge on any atom is 0.339 e. The minimum Gasteiger partial charge on any atom is -0.507 e. The van der Waals surface area contributed by atoms with Gasteiger partial charge in [0.15, 0.2) is 0 Å². The predicted molar refractivity (Wildman–Crippen MR) is 54.4 cm³/mol. The molecule has 0 aliphatic carbocycles. The lowest BCUT2D eigenvalue weighted by Crippen LogP contribution is -2.13. The molecule has 6 nitrogen and oxygen atoms in total. The number of hydrogen-bond acceptors (Lipinski definition) is 4. The van der Waals surface area contributed by atoms with Gasteiger partial charge in [0.1, 0.15) is 17.4 Å². The van der Waals surface area contributed by atoms with Crippen molar-refractivity contribution >= 4 is 11.9 Å². The zero-order chi connectivity index (χ0) is 12.7. The summed E-state index contributed by atoms with van der Waals surface area (Å²) in [6, 6.07) is 5.81. The van der Waals surface area contributed by atoms with E-state index in [0.717, 1.165) is 0 Å². The van der Waals surface area contributed by atoms with Crippen molar-refractivity contribution in [2.75, 3.05) is 0 Å². The monoisotopic (exact) mass is 228 g/mol. The summed E-state index contributed by atoms with van der Waals surface area (Å²) >= 11 is 0. The van der Waals surface area contributed by atoms with Crippen LogP contribution in [0.5, 0.6) is 5.75 Å². The predicted octanol–water partition coefficient (Wildman–Crippen LogP) is 0.542. The van der Waals surface area contributed by atoms with Crippen molar-refractivity contribution in [1.29, 1.82) is 0 Å². The van der Waals surface area contributed by atoms with E-state index in [2.05, 4.69) is 0 Å². The highest BCUT2D eigenvalue weighted by Crippen LogP contribution is 2.14. The van der Waals surface area contributed by atoms with Gasteiger partial charge in [-0.15, -0.1) is 0 Å². The van der Waals surface area contributed by atoms with Crippen LogP contribution in [-0.2, 0) is 4.79 Å². The van der Waals surface area contributed by atoms with E-state index in [0.29, 0.717) is 0 Å². The molecular formula is C10H12O6. The van der Waals surface area contributed by atoms with Crippen molar-refractivity contribution in [2.24, 2.45) is 0 Å². The summed E-state index contributed by atoms with van der Waals surface area (Å²) in [4.78, 5) is 19.7. The van der Waals surface area contributed by atoms with Crippen molar-refractivity contribution in [3.05, 3.63) is 29.8 Å². The molecule has 0 amide bonds. The first-order valence-corrected chi connectivity index (χ1v) is 4.28. The quantitative estimate of drug-likeness (QED) is 0.587. The third-order valence-electron chi connectivity index (χ3n) is 1.49. The Hall–Kier alpha value is -2.08. The van der Waals surface area contributed by atoms with Crippen LogP contribution in [0.15, 0.2) is 24.3 Å². The first-order valence-electron chi connectivity index (χ1n) is 4.28. The fourth-order valence-electron chi connectivity index (χ4n) is 0.654. The summed E-state index contributed by atoms with van der Waals surface area (Å²) in [7, 11) is 0. The second-order valence-electron chi connectivity index (χ2n) is 2.84. The fraction of sp³-hybridized carbons (Fsp3) is 0.200. The van der Waals surface area contributed by atoms with E-state index < -0.39 is 18.0 Å². The Morgan fingerprint density at radius 1 is 1.19 bits per heavy atom. The van der Waals surface area contributed by atoms with Gasteiger partial charge in [-0.1, -0.05) is 12.1 Å². The molecule has 1 aromatic carbocycles. The Kier molecular flexibility index (Phi) is 5.58. The molecule has 1 atom stereocenters. The third kappa shape index (κ3) is 4.97. The molecule has 4 N–H and O–H groups in total. The van der Waals surface area contributed by atoms with Crippen molar-refractivity contribution in [2.45, 2.75) is 13.0 Å². The number of aliphatic hydroxyl groups is 1. The van der Waals surface area contributed by atoms with E-state index in [1.54, 1.807) is 12.1 Å². The zero-order valence-electron chi connectivity index (χ0n) is 8.49. The highest BCUT2D eigenvalue weighted by molar-refractivity contribution is 5.90. The topological polar surface area (TPSA) is 115 Å². The standard InChI is InChI=1S/C7H6O3.C3H6O3/c8-6-4-2-1-3-5(6)7(9)10;1-2(4)3(5)6/h1-4,8H,(H,9,10);2,4H,1H3,(H,5,6). The highest BCUT2D eigenvalue weighted by atomic mass is 16.4. The van der Waals surface area contributed by atoms with E-state index in [9.17, 15) is 9.59 Å². The van der Waals surface area contributed by atoms with Crippen LogP contribution in [0.4, 0.5) is 0 Å². The maximum absolute atomic E-state index is 10.3. The molecule has 0 aromatic heterocycles. The molecule has 88 valence electrons. The average molecular weight is 228 g/mol. The molecule has 1 aromatic rings. The Morgan fingerprint density at radius 3 is 1.88 bits per heavy atom.